The van der Waals surface area contributed by atoms with E-state index in [-0.39, 0.29) is 18.8 Å². The average molecular weight is 307 g/mol. The second-order valence-electron chi connectivity index (χ2n) is 3.44. The number of carbonyl (C=O) groups is 1. The number of hydrogen-bond donors (Lipinski definition) is 1. The molecule has 0 bridgehead atoms. The molecule has 88 valence electrons. The second-order valence-corrected chi connectivity index (χ2v) is 4.76. The molecule has 2 N–H and O–H groups in total. The summed E-state index contributed by atoms with van der Waals surface area (Å²) in [6.07, 6.45) is 0.233. The molecule has 3 nitrogen and oxygen atoms in total. The molecule has 0 aromatic heterocycles. The fourth-order valence-corrected chi connectivity index (χ4v) is 2.00. The zero-order chi connectivity index (χ0) is 12.1. The van der Waals surface area contributed by atoms with Crippen molar-refractivity contribution in [3.63, 3.8) is 0 Å². The molecule has 0 aliphatic carbocycles. The summed E-state index contributed by atoms with van der Waals surface area (Å²) in [4.78, 5) is 11.7. The van der Waals surface area contributed by atoms with E-state index in [1.807, 2.05) is 12.1 Å². The van der Waals surface area contributed by atoms with Crippen molar-refractivity contribution in [1.29, 1.82) is 0 Å². The van der Waals surface area contributed by atoms with E-state index in [0.29, 0.717) is 5.02 Å². The minimum atomic E-state index is -0.593. The van der Waals surface area contributed by atoms with Gasteiger partial charge < -0.3 is 10.5 Å². The van der Waals surface area contributed by atoms with Crippen LogP contribution in [0, 0.1) is 0 Å². The number of carbonyl (C=O) groups excluding carboxylic acids is 1. The fourth-order valence-electron chi connectivity index (χ4n) is 1.26. The Morgan fingerprint density at radius 1 is 1.62 bits per heavy atom. The van der Waals surface area contributed by atoms with Crippen molar-refractivity contribution in [2.24, 2.45) is 5.73 Å². The van der Waals surface area contributed by atoms with Crippen LogP contribution in [0.1, 0.15) is 5.56 Å². The van der Waals surface area contributed by atoms with Crippen molar-refractivity contribution in [2.45, 2.75) is 12.5 Å². The molecule has 1 rings (SSSR count). The Kier molecular flexibility index (Phi) is 5.41. The molecular weight excluding hydrogens is 293 g/mol. The SMILES string of the molecule is COCC(N)C(=O)Cc1ccc(Br)cc1Cl. The smallest absolute Gasteiger partial charge is 0.156 e. The first kappa shape index (κ1) is 13.6. The lowest BCUT2D eigenvalue weighted by Gasteiger charge is -2.10. The maximum absolute atomic E-state index is 11.7. The third-order valence-corrected chi connectivity index (χ3v) is 2.98. The molecule has 0 radical (unpaired) electrons. The lowest BCUT2D eigenvalue weighted by molar-refractivity contribution is -0.120. The topological polar surface area (TPSA) is 52.3 Å². The van der Waals surface area contributed by atoms with Gasteiger partial charge in [-0.2, -0.15) is 0 Å². The van der Waals surface area contributed by atoms with E-state index in [9.17, 15) is 4.79 Å². The van der Waals surface area contributed by atoms with Crippen molar-refractivity contribution in [3.8, 4) is 0 Å². The van der Waals surface area contributed by atoms with Gasteiger partial charge in [-0.1, -0.05) is 33.6 Å². The van der Waals surface area contributed by atoms with Gasteiger partial charge in [0, 0.05) is 23.0 Å². The minimum absolute atomic E-state index is 0.0777. The summed E-state index contributed by atoms with van der Waals surface area (Å²) in [6.45, 7) is 0.229. The molecule has 0 spiro atoms. The number of ether oxygens (including phenoxy) is 1. The molecule has 1 unspecified atom stereocenters. The zero-order valence-corrected chi connectivity index (χ0v) is 11.2. The quantitative estimate of drug-likeness (QED) is 0.907. The van der Waals surface area contributed by atoms with Crippen LogP contribution in [0.3, 0.4) is 0 Å². The third kappa shape index (κ3) is 3.87. The van der Waals surface area contributed by atoms with Crippen LogP contribution < -0.4 is 5.73 Å². The lowest BCUT2D eigenvalue weighted by atomic mass is 10.0. The number of halogens is 2. The molecular formula is C11H13BrClNO2. The predicted molar refractivity (Wildman–Crippen MR) is 67.7 cm³/mol. The van der Waals surface area contributed by atoms with Gasteiger partial charge in [-0.05, 0) is 17.7 Å². The van der Waals surface area contributed by atoms with Crippen LogP contribution in [0.15, 0.2) is 22.7 Å². The van der Waals surface area contributed by atoms with Crippen LogP contribution in [-0.4, -0.2) is 25.5 Å². The summed E-state index contributed by atoms with van der Waals surface area (Å²) in [6, 6.07) is 4.82. The highest BCUT2D eigenvalue weighted by molar-refractivity contribution is 9.10. The lowest BCUT2D eigenvalue weighted by Crippen LogP contribution is -2.35. The Morgan fingerprint density at radius 3 is 2.88 bits per heavy atom. The normalized spacial score (nSPS) is 12.5. The maximum Gasteiger partial charge on any atom is 0.156 e. The number of ketones is 1. The van der Waals surface area contributed by atoms with Gasteiger partial charge in [-0.3, -0.25) is 4.79 Å². The fraction of sp³-hybridized carbons (Fsp3) is 0.364. The molecule has 0 aliphatic heterocycles. The van der Waals surface area contributed by atoms with Gasteiger partial charge >= 0.3 is 0 Å². The summed E-state index contributed by atoms with van der Waals surface area (Å²) in [5, 5.41) is 0.562. The van der Waals surface area contributed by atoms with Crippen molar-refractivity contribution < 1.29 is 9.53 Å². The molecule has 1 atom stereocenters. The van der Waals surface area contributed by atoms with Crippen LogP contribution in [0.5, 0.6) is 0 Å². The van der Waals surface area contributed by atoms with Gasteiger partial charge in [0.1, 0.15) is 0 Å². The van der Waals surface area contributed by atoms with Crippen molar-refractivity contribution >= 4 is 33.3 Å². The average Bonchev–Trinajstić information content (AvgIpc) is 2.22. The summed E-state index contributed by atoms with van der Waals surface area (Å²) in [5.74, 6) is -0.0777. The van der Waals surface area contributed by atoms with Gasteiger partial charge in [0.2, 0.25) is 0 Å². The standard InChI is InChI=1S/C11H13BrClNO2/c1-16-6-10(14)11(15)4-7-2-3-8(12)5-9(7)13/h2-3,5,10H,4,6,14H2,1H3. The predicted octanol–water partition coefficient (Wildman–Crippen LogP) is 2.19. The van der Waals surface area contributed by atoms with Crippen molar-refractivity contribution in [3.05, 3.63) is 33.3 Å². The maximum atomic E-state index is 11.7. The largest absolute Gasteiger partial charge is 0.383 e. The number of rotatable bonds is 5. The monoisotopic (exact) mass is 305 g/mol. The molecule has 0 aliphatic rings. The number of benzene rings is 1. The Labute approximate surface area is 108 Å². The second kappa shape index (κ2) is 6.35. The Hall–Kier alpha value is -0.420. The Morgan fingerprint density at radius 2 is 2.31 bits per heavy atom. The highest BCUT2D eigenvalue weighted by atomic mass is 79.9. The van der Waals surface area contributed by atoms with Crippen LogP contribution in [0.25, 0.3) is 0 Å². The summed E-state index contributed by atoms with van der Waals surface area (Å²) in [5.41, 5.74) is 6.41. The van der Waals surface area contributed by atoms with Gasteiger partial charge in [-0.15, -0.1) is 0 Å². The Bertz CT molecular complexity index is 384. The van der Waals surface area contributed by atoms with Crippen LogP contribution in [0.2, 0.25) is 5.02 Å². The van der Waals surface area contributed by atoms with Crippen molar-refractivity contribution in [2.75, 3.05) is 13.7 Å². The molecule has 0 amide bonds. The zero-order valence-electron chi connectivity index (χ0n) is 8.87. The highest BCUT2D eigenvalue weighted by Crippen LogP contribution is 2.22. The summed E-state index contributed by atoms with van der Waals surface area (Å²) >= 11 is 9.30. The molecule has 0 fully saturated rings. The first-order valence-corrected chi connectivity index (χ1v) is 5.93. The van der Waals surface area contributed by atoms with E-state index >= 15 is 0 Å². The van der Waals surface area contributed by atoms with E-state index in [0.717, 1.165) is 10.0 Å². The number of methoxy groups -OCH3 is 1. The van der Waals surface area contributed by atoms with E-state index in [2.05, 4.69) is 15.9 Å². The van der Waals surface area contributed by atoms with E-state index in [1.165, 1.54) is 7.11 Å². The van der Waals surface area contributed by atoms with Gasteiger partial charge in [0.05, 0.1) is 12.6 Å². The molecule has 1 aromatic carbocycles. The van der Waals surface area contributed by atoms with Crippen LogP contribution >= 0.6 is 27.5 Å². The number of nitrogens with two attached hydrogens (primary N) is 1. The first-order valence-electron chi connectivity index (χ1n) is 4.75. The van der Waals surface area contributed by atoms with E-state index in [4.69, 9.17) is 22.1 Å². The number of Topliss-reactive ketones (excluding diaryl/α,β-unsaturated/α-hetero) is 1. The highest BCUT2D eigenvalue weighted by Gasteiger charge is 2.15. The van der Waals surface area contributed by atoms with Gasteiger partial charge in [0.25, 0.3) is 0 Å². The molecule has 0 saturated heterocycles. The first-order chi connectivity index (χ1) is 7.54. The third-order valence-electron chi connectivity index (χ3n) is 2.14. The number of hydrogen-bond acceptors (Lipinski definition) is 3. The van der Waals surface area contributed by atoms with E-state index in [1.54, 1.807) is 6.07 Å². The molecule has 0 heterocycles. The molecule has 5 heteroatoms. The van der Waals surface area contributed by atoms with Crippen LogP contribution in [0.4, 0.5) is 0 Å². The molecule has 0 saturated carbocycles. The summed E-state index contributed by atoms with van der Waals surface area (Å²) in [7, 11) is 1.51. The molecule has 1 aromatic rings. The molecule has 16 heavy (non-hydrogen) atoms. The van der Waals surface area contributed by atoms with Gasteiger partial charge in [0.15, 0.2) is 5.78 Å². The minimum Gasteiger partial charge on any atom is -0.383 e. The summed E-state index contributed by atoms with van der Waals surface area (Å²) < 4.78 is 5.71. The van der Waals surface area contributed by atoms with Crippen molar-refractivity contribution in [1.82, 2.24) is 0 Å². The van der Waals surface area contributed by atoms with Crippen LogP contribution in [-0.2, 0) is 16.0 Å². The Balaban J connectivity index is 2.69. The van der Waals surface area contributed by atoms with Gasteiger partial charge in [-0.25, -0.2) is 0 Å². The van der Waals surface area contributed by atoms with E-state index < -0.39 is 6.04 Å².